The first-order valence-electron chi connectivity index (χ1n) is 7.22. The van der Waals surface area contributed by atoms with Crippen LogP contribution >= 0.6 is 23.4 Å². The summed E-state index contributed by atoms with van der Waals surface area (Å²) >= 11 is 7.09. The maximum atomic E-state index is 12.0. The third-order valence-electron chi connectivity index (χ3n) is 3.11. The molecule has 0 aromatic heterocycles. The number of amides is 1. The zero-order chi connectivity index (χ0) is 17.6. The number of hydrogen-bond donors (Lipinski definition) is 1. The summed E-state index contributed by atoms with van der Waals surface area (Å²) in [6, 6.07) is 13.3. The van der Waals surface area contributed by atoms with Crippen LogP contribution in [0.4, 0.5) is 0 Å². The molecule has 0 unspecified atom stereocenters. The molecule has 1 aliphatic heterocycles. The number of halogens is 1. The summed E-state index contributed by atoms with van der Waals surface area (Å²) in [7, 11) is 0. The van der Waals surface area contributed by atoms with Gasteiger partial charge in [-0.3, -0.25) is 4.79 Å². The van der Waals surface area contributed by atoms with E-state index in [9.17, 15) is 9.59 Å². The summed E-state index contributed by atoms with van der Waals surface area (Å²) in [4.78, 5) is 23.0. The number of amidine groups is 1. The largest absolute Gasteiger partial charge is 0.423 e. The van der Waals surface area contributed by atoms with E-state index < -0.39 is 5.97 Å². The molecule has 2 aromatic carbocycles. The number of hydrogen-bond acceptors (Lipinski definition) is 6. The predicted molar refractivity (Wildman–Crippen MR) is 98.5 cm³/mol. The molecule has 1 fully saturated rings. The van der Waals surface area contributed by atoms with Gasteiger partial charge >= 0.3 is 5.97 Å². The molecule has 0 aliphatic carbocycles. The highest BCUT2D eigenvalue weighted by Crippen LogP contribution is 2.15. The van der Waals surface area contributed by atoms with Crippen LogP contribution in [0.3, 0.4) is 0 Å². The molecule has 0 spiro atoms. The van der Waals surface area contributed by atoms with Gasteiger partial charge < -0.3 is 10.1 Å². The topological polar surface area (TPSA) is 80.1 Å². The Labute approximate surface area is 152 Å². The summed E-state index contributed by atoms with van der Waals surface area (Å²) in [6.45, 7) is 0. The molecule has 8 heteroatoms. The molecule has 2 aromatic rings. The van der Waals surface area contributed by atoms with E-state index in [1.807, 2.05) is 0 Å². The number of ether oxygens (including phenoxy) is 1. The minimum absolute atomic E-state index is 0.0780. The molecule has 1 N–H and O–H groups in total. The second-order valence-corrected chi connectivity index (χ2v) is 6.35. The number of carbonyl (C=O) groups is 2. The van der Waals surface area contributed by atoms with E-state index in [1.54, 1.807) is 54.7 Å². The monoisotopic (exact) mass is 373 g/mol. The highest BCUT2D eigenvalue weighted by molar-refractivity contribution is 8.15. The summed E-state index contributed by atoms with van der Waals surface area (Å²) < 4.78 is 5.29. The van der Waals surface area contributed by atoms with Gasteiger partial charge in [-0.25, -0.2) is 4.79 Å². The highest BCUT2D eigenvalue weighted by atomic mass is 35.5. The van der Waals surface area contributed by atoms with Gasteiger partial charge in [-0.05, 0) is 54.1 Å². The van der Waals surface area contributed by atoms with E-state index in [1.165, 1.54) is 11.8 Å². The normalized spacial score (nSPS) is 15.6. The molecule has 0 radical (unpaired) electrons. The quantitative estimate of drug-likeness (QED) is 0.386. The Morgan fingerprint density at radius 2 is 1.88 bits per heavy atom. The number of nitrogens with one attached hydrogen (secondary N) is 1. The van der Waals surface area contributed by atoms with Crippen molar-refractivity contribution in [3.8, 4) is 5.75 Å². The smallest absolute Gasteiger partial charge is 0.343 e. The number of thioether (sulfide) groups is 1. The van der Waals surface area contributed by atoms with E-state index in [0.29, 0.717) is 27.3 Å². The van der Waals surface area contributed by atoms with Crippen LogP contribution in [0.15, 0.2) is 58.7 Å². The van der Waals surface area contributed by atoms with Crippen LogP contribution in [0.1, 0.15) is 15.9 Å². The van der Waals surface area contributed by atoms with Gasteiger partial charge in [0, 0.05) is 5.02 Å². The third kappa shape index (κ3) is 4.91. The van der Waals surface area contributed by atoms with Gasteiger partial charge in [-0.15, -0.1) is 5.10 Å². The van der Waals surface area contributed by atoms with Crippen LogP contribution in [-0.4, -0.2) is 29.0 Å². The average Bonchev–Trinajstić information content (AvgIpc) is 3.02. The van der Waals surface area contributed by atoms with E-state index >= 15 is 0 Å². The summed E-state index contributed by atoms with van der Waals surface area (Å²) in [5, 5.41) is 11.4. The molecule has 0 saturated carbocycles. The Balaban J connectivity index is 1.59. The molecule has 25 heavy (non-hydrogen) atoms. The van der Waals surface area contributed by atoms with E-state index in [0.717, 1.165) is 5.56 Å². The van der Waals surface area contributed by atoms with Gasteiger partial charge in [0.25, 0.3) is 0 Å². The van der Waals surface area contributed by atoms with Crippen LogP contribution < -0.4 is 10.1 Å². The summed E-state index contributed by atoms with van der Waals surface area (Å²) in [5.41, 5.74) is 1.20. The molecule has 1 amide bonds. The zero-order valence-electron chi connectivity index (χ0n) is 12.8. The maximum absolute atomic E-state index is 12.0. The number of benzene rings is 2. The fraction of sp³-hybridized carbons (Fsp3) is 0.0588. The Hall–Kier alpha value is -2.64. The fourth-order valence-corrected chi connectivity index (χ4v) is 2.66. The fourth-order valence-electron chi connectivity index (χ4n) is 1.90. The van der Waals surface area contributed by atoms with Crippen molar-refractivity contribution in [1.82, 2.24) is 5.32 Å². The standard InChI is InChI=1S/C17H12ClN3O3S/c18-13-5-3-12(4-6-13)16(23)24-14-7-1-11(2-8-14)9-19-21-17-20-15(22)10-25-17/h1-9H,10H2,(H,20,21,22). The van der Waals surface area contributed by atoms with Crippen LogP contribution in [0, 0.1) is 0 Å². The van der Waals surface area contributed by atoms with Crippen LogP contribution in [0.2, 0.25) is 5.02 Å². The zero-order valence-corrected chi connectivity index (χ0v) is 14.4. The van der Waals surface area contributed by atoms with Gasteiger partial charge in [0.05, 0.1) is 17.5 Å². The maximum Gasteiger partial charge on any atom is 0.343 e. The summed E-state index contributed by atoms with van der Waals surface area (Å²) in [5.74, 6) is 0.244. The molecule has 1 heterocycles. The van der Waals surface area contributed by atoms with Crippen molar-refractivity contribution in [2.24, 2.45) is 10.2 Å². The Bertz CT molecular complexity index is 848. The number of carbonyl (C=O) groups excluding carboxylic acids is 2. The molecule has 1 aliphatic rings. The lowest BCUT2D eigenvalue weighted by atomic mass is 10.2. The first-order chi connectivity index (χ1) is 12.1. The molecule has 0 atom stereocenters. The lowest BCUT2D eigenvalue weighted by Crippen LogP contribution is -2.19. The summed E-state index contributed by atoms with van der Waals surface area (Å²) in [6.07, 6.45) is 1.54. The molecule has 126 valence electrons. The van der Waals surface area contributed by atoms with E-state index in [-0.39, 0.29) is 5.91 Å². The Morgan fingerprint density at radius 3 is 2.52 bits per heavy atom. The van der Waals surface area contributed by atoms with Crippen LogP contribution in [0.25, 0.3) is 0 Å². The number of nitrogens with zero attached hydrogens (tertiary/aromatic N) is 2. The lowest BCUT2D eigenvalue weighted by molar-refractivity contribution is -0.116. The first-order valence-corrected chi connectivity index (χ1v) is 8.58. The molecule has 6 nitrogen and oxygen atoms in total. The van der Waals surface area contributed by atoms with Crippen molar-refractivity contribution in [1.29, 1.82) is 0 Å². The first kappa shape index (κ1) is 17.2. The van der Waals surface area contributed by atoms with Gasteiger partial charge in [-0.1, -0.05) is 23.4 Å². The average molecular weight is 374 g/mol. The van der Waals surface area contributed by atoms with Crippen LogP contribution in [-0.2, 0) is 4.79 Å². The minimum Gasteiger partial charge on any atom is -0.423 e. The van der Waals surface area contributed by atoms with Crippen molar-refractivity contribution in [3.63, 3.8) is 0 Å². The van der Waals surface area contributed by atoms with Crippen molar-refractivity contribution < 1.29 is 14.3 Å². The molecular weight excluding hydrogens is 362 g/mol. The van der Waals surface area contributed by atoms with E-state index in [2.05, 4.69) is 15.5 Å². The SMILES string of the molecule is O=C1CSC(=NN=Cc2ccc(OC(=O)c3ccc(Cl)cc3)cc2)N1. The number of esters is 1. The molecule has 1 saturated heterocycles. The van der Waals surface area contributed by atoms with E-state index in [4.69, 9.17) is 16.3 Å². The van der Waals surface area contributed by atoms with Crippen LogP contribution in [0.5, 0.6) is 5.75 Å². The second kappa shape index (κ2) is 7.96. The Kier molecular flexibility index (Phi) is 5.47. The van der Waals surface area contributed by atoms with Gasteiger partial charge in [-0.2, -0.15) is 5.10 Å². The Morgan fingerprint density at radius 1 is 1.16 bits per heavy atom. The molecule has 0 bridgehead atoms. The van der Waals surface area contributed by atoms with Gasteiger partial charge in [0.2, 0.25) is 5.91 Å². The van der Waals surface area contributed by atoms with Gasteiger partial charge in [0.1, 0.15) is 5.75 Å². The minimum atomic E-state index is -0.460. The van der Waals surface area contributed by atoms with Crippen molar-refractivity contribution in [2.75, 3.05) is 5.75 Å². The third-order valence-corrected chi connectivity index (χ3v) is 4.23. The van der Waals surface area contributed by atoms with Crippen molar-refractivity contribution >= 4 is 46.6 Å². The molecule has 3 rings (SSSR count). The van der Waals surface area contributed by atoms with Gasteiger partial charge in [0.15, 0.2) is 5.17 Å². The highest BCUT2D eigenvalue weighted by Gasteiger charge is 2.15. The number of rotatable bonds is 4. The predicted octanol–water partition coefficient (Wildman–Crippen LogP) is 3.11. The van der Waals surface area contributed by atoms with Crippen molar-refractivity contribution in [2.45, 2.75) is 0 Å². The second-order valence-electron chi connectivity index (χ2n) is 4.95. The molecular formula is C17H12ClN3O3S. The lowest BCUT2D eigenvalue weighted by Gasteiger charge is -2.04. The van der Waals surface area contributed by atoms with Crippen molar-refractivity contribution in [3.05, 3.63) is 64.7 Å².